The van der Waals surface area contributed by atoms with E-state index in [1.54, 1.807) is 18.2 Å². The van der Waals surface area contributed by atoms with E-state index in [0.29, 0.717) is 33.9 Å². The van der Waals surface area contributed by atoms with Crippen molar-refractivity contribution >= 4 is 44.7 Å². The maximum absolute atomic E-state index is 13.5. The molecule has 0 amide bonds. The average Bonchev–Trinajstić information content (AvgIpc) is 2.75. The molecule has 152 valence electrons. The molecule has 1 aromatic heterocycles. The zero-order valence-electron chi connectivity index (χ0n) is 16.3. The molecule has 0 atom stereocenters. The Kier molecular flexibility index (Phi) is 7.38. The Bertz CT molecular complexity index is 1020. The molecule has 1 aliphatic rings. The second-order valence-electron chi connectivity index (χ2n) is 6.59. The van der Waals surface area contributed by atoms with Crippen LogP contribution in [0.15, 0.2) is 40.9 Å². The van der Waals surface area contributed by atoms with Crippen LogP contribution in [-0.2, 0) is 4.74 Å². The molecule has 0 spiro atoms. The molecule has 6 heteroatoms. The largest absolute Gasteiger partial charge is 0.381 e. The van der Waals surface area contributed by atoms with Gasteiger partial charge in [0.2, 0.25) is 0 Å². The average molecular weight is 479 g/mol. The summed E-state index contributed by atoms with van der Waals surface area (Å²) in [6.45, 7) is 5.34. The van der Waals surface area contributed by atoms with E-state index in [2.05, 4.69) is 20.9 Å². The topological polar surface area (TPSA) is 39.2 Å². The SMILES string of the molecule is CC.O=Cc1cc2c(-c3ccc(F)cc3)c(C3CCOCC3)c(Cl)nc2cc1Br. The molecule has 2 aromatic carbocycles. The number of rotatable bonds is 3. The van der Waals surface area contributed by atoms with Gasteiger partial charge in [-0.3, -0.25) is 4.79 Å². The van der Waals surface area contributed by atoms with E-state index in [1.165, 1.54) is 12.1 Å². The van der Waals surface area contributed by atoms with Crippen molar-refractivity contribution < 1.29 is 13.9 Å². The molecule has 3 nitrogen and oxygen atoms in total. The Morgan fingerprint density at radius 3 is 2.45 bits per heavy atom. The summed E-state index contributed by atoms with van der Waals surface area (Å²) in [5, 5.41) is 1.28. The van der Waals surface area contributed by atoms with Gasteiger partial charge in [-0.05, 0) is 70.1 Å². The second kappa shape index (κ2) is 9.79. The van der Waals surface area contributed by atoms with E-state index in [9.17, 15) is 9.18 Å². The van der Waals surface area contributed by atoms with Crippen molar-refractivity contribution in [3.05, 3.63) is 63.0 Å². The monoisotopic (exact) mass is 477 g/mol. The second-order valence-corrected chi connectivity index (χ2v) is 7.81. The number of halogens is 3. The lowest BCUT2D eigenvalue weighted by molar-refractivity contribution is 0.0854. The highest BCUT2D eigenvalue weighted by Gasteiger charge is 2.25. The van der Waals surface area contributed by atoms with Crippen LogP contribution in [0.4, 0.5) is 4.39 Å². The Hall–Kier alpha value is -1.82. The third kappa shape index (κ3) is 4.52. The Balaban J connectivity index is 0.00000117. The smallest absolute Gasteiger partial charge is 0.151 e. The predicted octanol–water partition coefficient (Wildman–Crippen LogP) is 7.19. The number of fused-ring (bicyclic) bond motifs is 1. The molecule has 1 aliphatic heterocycles. The normalized spacial score (nSPS) is 14.4. The van der Waals surface area contributed by atoms with E-state index >= 15 is 0 Å². The van der Waals surface area contributed by atoms with Gasteiger partial charge in [-0.2, -0.15) is 0 Å². The summed E-state index contributed by atoms with van der Waals surface area (Å²) in [7, 11) is 0. The van der Waals surface area contributed by atoms with Crippen molar-refractivity contribution in [3.8, 4) is 11.1 Å². The maximum Gasteiger partial charge on any atom is 0.151 e. The fourth-order valence-electron chi connectivity index (χ4n) is 3.66. The minimum absolute atomic E-state index is 0.200. The molecule has 0 N–H and O–H groups in total. The van der Waals surface area contributed by atoms with Gasteiger partial charge in [0.05, 0.1) is 5.52 Å². The van der Waals surface area contributed by atoms with E-state index < -0.39 is 0 Å². The first-order valence-corrected chi connectivity index (χ1v) is 10.9. The molecule has 3 aromatic rings. The number of benzene rings is 2. The van der Waals surface area contributed by atoms with Crippen LogP contribution < -0.4 is 0 Å². The van der Waals surface area contributed by atoms with Crippen LogP contribution in [0.3, 0.4) is 0 Å². The fourth-order valence-corrected chi connectivity index (χ4v) is 4.43. The quantitative estimate of drug-likeness (QED) is 0.295. The Morgan fingerprint density at radius 1 is 1.17 bits per heavy atom. The van der Waals surface area contributed by atoms with Crippen molar-refractivity contribution in [1.29, 1.82) is 0 Å². The number of hydrogen-bond acceptors (Lipinski definition) is 3. The van der Waals surface area contributed by atoms with Crippen LogP contribution in [0, 0.1) is 5.82 Å². The van der Waals surface area contributed by atoms with Crippen LogP contribution in [0.1, 0.15) is 48.5 Å². The summed E-state index contributed by atoms with van der Waals surface area (Å²) in [5.74, 6) is -0.0984. The van der Waals surface area contributed by atoms with Gasteiger partial charge in [0.15, 0.2) is 6.29 Å². The number of hydrogen-bond donors (Lipinski definition) is 0. The number of pyridine rings is 1. The van der Waals surface area contributed by atoms with E-state index in [4.69, 9.17) is 16.3 Å². The van der Waals surface area contributed by atoms with Crippen molar-refractivity contribution in [2.45, 2.75) is 32.6 Å². The first kappa shape index (κ1) is 21.9. The molecule has 1 fully saturated rings. The van der Waals surface area contributed by atoms with E-state index in [1.807, 2.05) is 19.9 Å². The highest BCUT2D eigenvalue weighted by molar-refractivity contribution is 9.10. The van der Waals surface area contributed by atoms with Gasteiger partial charge in [-0.15, -0.1) is 0 Å². The van der Waals surface area contributed by atoms with Crippen molar-refractivity contribution in [2.24, 2.45) is 0 Å². The van der Waals surface area contributed by atoms with Crippen molar-refractivity contribution in [2.75, 3.05) is 13.2 Å². The number of carbonyl (C=O) groups excluding carboxylic acids is 1. The number of aldehydes is 1. The molecule has 1 saturated heterocycles. The third-order valence-corrected chi connectivity index (χ3v) is 5.96. The van der Waals surface area contributed by atoms with Gasteiger partial charge in [-0.1, -0.05) is 37.6 Å². The predicted molar refractivity (Wildman–Crippen MR) is 119 cm³/mol. The lowest BCUT2D eigenvalue weighted by atomic mass is 9.85. The third-order valence-electron chi connectivity index (χ3n) is 4.98. The van der Waals surface area contributed by atoms with Gasteiger partial charge < -0.3 is 4.74 Å². The molecule has 0 radical (unpaired) electrons. The zero-order valence-corrected chi connectivity index (χ0v) is 18.7. The molecule has 29 heavy (non-hydrogen) atoms. The van der Waals surface area contributed by atoms with Gasteiger partial charge in [0, 0.05) is 34.2 Å². The fraction of sp³-hybridized carbons (Fsp3) is 0.304. The lowest BCUT2D eigenvalue weighted by Gasteiger charge is -2.26. The number of nitrogens with zero attached hydrogens (tertiary/aromatic N) is 1. The minimum Gasteiger partial charge on any atom is -0.381 e. The molecule has 4 rings (SSSR count). The van der Waals surface area contributed by atoms with Crippen molar-refractivity contribution in [3.63, 3.8) is 0 Å². The summed E-state index contributed by atoms with van der Waals surface area (Å²) in [4.78, 5) is 16.1. The van der Waals surface area contributed by atoms with Crippen LogP contribution in [0.25, 0.3) is 22.0 Å². The van der Waals surface area contributed by atoms with Crippen LogP contribution in [0.2, 0.25) is 5.15 Å². The zero-order chi connectivity index (χ0) is 21.0. The molecule has 0 bridgehead atoms. The van der Waals surface area contributed by atoms with E-state index in [-0.39, 0.29) is 11.7 Å². The molecule has 0 saturated carbocycles. The number of ether oxygens (including phenoxy) is 1. The summed E-state index contributed by atoms with van der Waals surface area (Å²) in [6.07, 6.45) is 2.50. The molecule has 0 aliphatic carbocycles. The van der Waals surface area contributed by atoms with E-state index in [0.717, 1.165) is 41.2 Å². The summed E-state index contributed by atoms with van der Waals surface area (Å²) >= 11 is 10.0. The number of aromatic nitrogens is 1. The molecule has 0 unspecified atom stereocenters. The molecular formula is C23H22BrClFNO2. The highest BCUT2D eigenvalue weighted by atomic mass is 79.9. The van der Waals surface area contributed by atoms with Crippen molar-refractivity contribution in [1.82, 2.24) is 4.98 Å². The van der Waals surface area contributed by atoms with Crippen LogP contribution in [-0.4, -0.2) is 24.5 Å². The summed E-state index contributed by atoms with van der Waals surface area (Å²) in [5.41, 5.74) is 3.93. The number of carbonyl (C=O) groups is 1. The summed E-state index contributed by atoms with van der Waals surface area (Å²) in [6, 6.07) is 9.96. The Labute approximate surface area is 183 Å². The standard InChI is InChI=1S/C21H16BrClFNO2.C2H6/c22-17-10-18-16(9-14(17)11-26)19(12-1-3-15(24)4-2-12)20(21(23)25-18)13-5-7-27-8-6-13;1-2/h1-4,9-11,13H,5-8H2;1-2H3. The van der Waals surface area contributed by atoms with Gasteiger partial charge in [0.25, 0.3) is 0 Å². The molecule has 2 heterocycles. The minimum atomic E-state index is -0.299. The van der Waals surface area contributed by atoms with Gasteiger partial charge in [-0.25, -0.2) is 9.37 Å². The van der Waals surface area contributed by atoms with Gasteiger partial charge >= 0.3 is 0 Å². The van der Waals surface area contributed by atoms with Crippen LogP contribution in [0.5, 0.6) is 0 Å². The van der Waals surface area contributed by atoms with Gasteiger partial charge in [0.1, 0.15) is 11.0 Å². The lowest BCUT2D eigenvalue weighted by Crippen LogP contribution is -2.16. The highest BCUT2D eigenvalue weighted by Crippen LogP contribution is 2.43. The summed E-state index contributed by atoms with van der Waals surface area (Å²) < 4.78 is 19.7. The maximum atomic E-state index is 13.5. The first-order valence-electron chi connectivity index (χ1n) is 9.70. The molecular weight excluding hydrogens is 457 g/mol. The first-order chi connectivity index (χ1) is 14.1. The Morgan fingerprint density at radius 2 is 1.83 bits per heavy atom. The van der Waals surface area contributed by atoms with Crippen LogP contribution >= 0.6 is 27.5 Å².